The lowest BCUT2D eigenvalue weighted by atomic mass is 9.76. The lowest BCUT2D eigenvalue weighted by Gasteiger charge is -2.48. The van der Waals surface area contributed by atoms with E-state index in [9.17, 15) is 18.0 Å². The van der Waals surface area contributed by atoms with Crippen molar-refractivity contribution < 1.29 is 22.4 Å². The van der Waals surface area contributed by atoms with E-state index in [0.29, 0.717) is 23.7 Å². The highest BCUT2D eigenvalue weighted by molar-refractivity contribution is 7.90. The third kappa shape index (κ3) is 6.11. The monoisotopic (exact) mass is 617 g/mol. The van der Waals surface area contributed by atoms with Gasteiger partial charge in [0.1, 0.15) is 5.82 Å². The summed E-state index contributed by atoms with van der Waals surface area (Å²) in [6.07, 6.45) is 9.03. The molecule has 7 nitrogen and oxygen atoms in total. The fourth-order valence-corrected chi connectivity index (χ4v) is 8.25. The van der Waals surface area contributed by atoms with E-state index in [1.165, 1.54) is 31.0 Å². The summed E-state index contributed by atoms with van der Waals surface area (Å²) in [6.45, 7) is 1.74. The van der Waals surface area contributed by atoms with E-state index >= 15 is 4.39 Å². The van der Waals surface area contributed by atoms with Crippen molar-refractivity contribution in [2.45, 2.75) is 81.3 Å². The van der Waals surface area contributed by atoms with Gasteiger partial charge in [-0.3, -0.25) is 9.59 Å². The summed E-state index contributed by atoms with van der Waals surface area (Å²) in [4.78, 5) is 30.5. The Morgan fingerprint density at radius 3 is 2.32 bits per heavy atom. The van der Waals surface area contributed by atoms with Crippen LogP contribution in [0.25, 0.3) is 0 Å². The highest BCUT2D eigenvalue weighted by Crippen LogP contribution is 2.49. The van der Waals surface area contributed by atoms with Crippen molar-refractivity contribution in [3.8, 4) is 0 Å². The summed E-state index contributed by atoms with van der Waals surface area (Å²) in [7, 11) is -3.47. The van der Waals surface area contributed by atoms with Gasteiger partial charge in [0.15, 0.2) is 9.84 Å². The van der Waals surface area contributed by atoms with Crippen LogP contribution in [0.15, 0.2) is 71.6 Å². The summed E-state index contributed by atoms with van der Waals surface area (Å²) in [5.74, 6) is -1.78. The number of rotatable bonds is 7. The van der Waals surface area contributed by atoms with Gasteiger partial charge < -0.3 is 15.5 Å². The van der Waals surface area contributed by atoms with Crippen LogP contribution in [0, 0.1) is 24.6 Å². The summed E-state index contributed by atoms with van der Waals surface area (Å²) >= 11 is 0. The second kappa shape index (κ2) is 12.3. The number of amides is 2. The molecular formula is C35H40FN3O4S. The van der Waals surface area contributed by atoms with E-state index in [-0.39, 0.29) is 28.3 Å². The maximum absolute atomic E-state index is 15.3. The van der Waals surface area contributed by atoms with Crippen molar-refractivity contribution in [3.05, 3.63) is 89.2 Å². The summed E-state index contributed by atoms with van der Waals surface area (Å²) < 4.78 is 39.6. The van der Waals surface area contributed by atoms with Gasteiger partial charge >= 0.3 is 0 Å². The van der Waals surface area contributed by atoms with Crippen LogP contribution in [0.2, 0.25) is 0 Å². The molecule has 0 spiro atoms. The Hall–Kier alpha value is -3.72. The normalized spacial score (nSPS) is 23.8. The predicted molar refractivity (Wildman–Crippen MR) is 170 cm³/mol. The number of sulfone groups is 1. The standard InChI is InChI=1S/C35H40FN3O4S/c1-22-8-5-14-30(36)32(22)35(41)39-31-15-6-9-24(31)20-29(34(40)38-27-12-7-13-28(21-27)44(2,42)43)33(39)23-16-18-26(19-17-23)37-25-10-3-4-11-25/h5,7-8,12-14,16-19,21,24-25,29,31,33,37H,3-4,6,9-11,15,20H2,1-2H3,(H,38,40)/t24-,29?,31-,33?/m0/s1. The third-order valence-corrected chi connectivity index (χ3v) is 10.8. The molecule has 3 aromatic carbocycles. The van der Waals surface area contributed by atoms with Gasteiger partial charge in [0, 0.05) is 29.7 Å². The van der Waals surface area contributed by atoms with E-state index in [2.05, 4.69) is 10.6 Å². The van der Waals surface area contributed by atoms with Crippen LogP contribution >= 0.6 is 0 Å². The second-order valence-electron chi connectivity index (χ2n) is 12.7. The van der Waals surface area contributed by atoms with Crippen LogP contribution in [-0.2, 0) is 14.6 Å². The van der Waals surface area contributed by atoms with Crippen LogP contribution in [0.4, 0.5) is 15.8 Å². The summed E-state index contributed by atoms with van der Waals surface area (Å²) in [5, 5.41) is 6.57. The van der Waals surface area contributed by atoms with Gasteiger partial charge in [0.05, 0.1) is 22.4 Å². The van der Waals surface area contributed by atoms with E-state index in [4.69, 9.17) is 0 Å². The molecule has 3 aliphatic rings. The minimum Gasteiger partial charge on any atom is -0.382 e. The lowest BCUT2D eigenvalue weighted by Crippen LogP contribution is -2.54. The predicted octanol–water partition coefficient (Wildman–Crippen LogP) is 6.90. The number of aryl methyl sites for hydroxylation is 1. The van der Waals surface area contributed by atoms with Crippen molar-refractivity contribution >= 4 is 33.0 Å². The van der Waals surface area contributed by atoms with Crippen LogP contribution in [-0.4, -0.2) is 43.5 Å². The Bertz CT molecular complexity index is 1630. The molecule has 1 aliphatic heterocycles. The lowest BCUT2D eigenvalue weighted by molar-refractivity contribution is -0.125. The van der Waals surface area contributed by atoms with Crippen molar-refractivity contribution in [1.82, 2.24) is 4.90 Å². The number of likely N-dealkylation sites (tertiary alicyclic amines) is 1. The molecule has 3 fully saturated rings. The molecule has 9 heteroatoms. The Morgan fingerprint density at radius 1 is 0.886 bits per heavy atom. The number of fused-ring (bicyclic) bond motifs is 1. The molecule has 3 aromatic rings. The largest absolute Gasteiger partial charge is 0.382 e. The molecule has 1 saturated heterocycles. The van der Waals surface area contributed by atoms with E-state index in [0.717, 1.165) is 49.6 Å². The fraction of sp³-hybridized carbons (Fsp3) is 0.429. The average Bonchev–Trinajstić information content (AvgIpc) is 3.68. The molecule has 2 N–H and O–H groups in total. The zero-order valence-corrected chi connectivity index (χ0v) is 26.1. The van der Waals surface area contributed by atoms with Gasteiger partial charge in [0.2, 0.25) is 5.91 Å². The Labute approximate surface area is 259 Å². The van der Waals surface area contributed by atoms with Crippen molar-refractivity contribution in [1.29, 1.82) is 0 Å². The highest BCUT2D eigenvalue weighted by Gasteiger charge is 2.50. The molecule has 44 heavy (non-hydrogen) atoms. The molecule has 2 unspecified atom stereocenters. The first kappa shape index (κ1) is 30.3. The number of piperidine rings is 1. The SMILES string of the molecule is Cc1cccc(F)c1C(=O)N1C(c2ccc(NC3CCCC3)cc2)C(C(=O)Nc2cccc(S(C)(=O)=O)c2)C[C@@H]2CCC[C@@H]21. The summed E-state index contributed by atoms with van der Waals surface area (Å²) in [5.41, 5.74) is 2.80. The van der Waals surface area contributed by atoms with Gasteiger partial charge in [-0.1, -0.05) is 49.6 Å². The summed E-state index contributed by atoms with van der Waals surface area (Å²) in [6, 6.07) is 18.6. The molecule has 2 aliphatic carbocycles. The van der Waals surface area contributed by atoms with Crippen molar-refractivity contribution in [3.63, 3.8) is 0 Å². The van der Waals surface area contributed by atoms with Crippen LogP contribution in [0.5, 0.6) is 0 Å². The molecule has 2 amide bonds. The van der Waals surface area contributed by atoms with Gasteiger partial charge in [-0.25, -0.2) is 12.8 Å². The number of nitrogens with one attached hydrogen (secondary N) is 2. The number of hydrogen-bond donors (Lipinski definition) is 2. The Kier molecular flexibility index (Phi) is 8.51. The second-order valence-corrected chi connectivity index (χ2v) is 14.7. The number of anilines is 2. The Balaban J connectivity index is 1.40. The minimum atomic E-state index is -3.47. The van der Waals surface area contributed by atoms with Crippen molar-refractivity contribution in [2.24, 2.45) is 11.8 Å². The number of carbonyl (C=O) groups excluding carboxylic acids is 2. The fourth-order valence-electron chi connectivity index (χ4n) is 7.59. The number of halogens is 1. The maximum atomic E-state index is 15.3. The molecule has 1 heterocycles. The first-order chi connectivity index (χ1) is 21.1. The molecule has 232 valence electrons. The first-order valence-electron chi connectivity index (χ1n) is 15.7. The van der Waals surface area contributed by atoms with Gasteiger partial charge in [-0.15, -0.1) is 0 Å². The topological polar surface area (TPSA) is 95.6 Å². The van der Waals surface area contributed by atoms with E-state index in [1.807, 2.05) is 24.3 Å². The van der Waals surface area contributed by atoms with Gasteiger partial charge in [-0.05, 0) is 92.5 Å². The maximum Gasteiger partial charge on any atom is 0.257 e. The molecular weight excluding hydrogens is 577 g/mol. The number of carbonyl (C=O) groups is 2. The average molecular weight is 618 g/mol. The van der Waals surface area contributed by atoms with Crippen LogP contribution < -0.4 is 10.6 Å². The van der Waals surface area contributed by atoms with E-state index in [1.54, 1.807) is 36.1 Å². The molecule has 0 radical (unpaired) electrons. The smallest absolute Gasteiger partial charge is 0.257 e. The van der Waals surface area contributed by atoms with Crippen molar-refractivity contribution in [2.75, 3.05) is 16.9 Å². The van der Waals surface area contributed by atoms with Crippen LogP contribution in [0.1, 0.15) is 78.9 Å². The quantitative estimate of drug-likeness (QED) is 0.301. The molecule has 4 atom stereocenters. The van der Waals surface area contributed by atoms with Gasteiger partial charge in [0.25, 0.3) is 5.91 Å². The number of hydrogen-bond acceptors (Lipinski definition) is 5. The van der Waals surface area contributed by atoms with E-state index < -0.39 is 33.5 Å². The Morgan fingerprint density at radius 2 is 1.61 bits per heavy atom. The molecule has 0 bridgehead atoms. The molecule has 2 saturated carbocycles. The first-order valence-corrected chi connectivity index (χ1v) is 17.5. The van der Waals surface area contributed by atoms with Crippen LogP contribution in [0.3, 0.4) is 0 Å². The number of benzene rings is 3. The molecule has 0 aromatic heterocycles. The molecule has 6 rings (SSSR count). The highest BCUT2D eigenvalue weighted by atomic mass is 32.2. The number of nitrogens with zero attached hydrogens (tertiary/aromatic N) is 1. The minimum absolute atomic E-state index is 0.0459. The van der Waals surface area contributed by atoms with Gasteiger partial charge in [-0.2, -0.15) is 0 Å². The third-order valence-electron chi connectivity index (χ3n) is 9.73. The zero-order chi connectivity index (χ0) is 31.0. The zero-order valence-electron chi connectivity index (χ0n) is 25.3.